The highest BCUT2D eigenvalue weighted by Gasteiger charge is 2.60. The van der Waals surface area contributed by atoms with Crippen molar-refractivity contribution in [3.05, 3.63) is 53.3 Å². The number of anilines is 2. The molecule has 3 nitrogen and oxygen atoms in total. The summed E-state index contributed by atoms with van der Waals surface area (Å²) in [6.07, 6.45) is 7.30. The van der Waals surface area contributed by atoms with Crippen LogP contribution in [0.5, 0.6) is 5.75 Å². The molecule has 1 saturated heterocycles. The van der Waals surface area contributed by atoms with Crippen LogP contribution in [0.1, 0.15) is 50.2 Å². The van der Waals surface area contributed by atoms with Gasteiger partial charge in [-0.1, -0.05) is 19.8 Å². The quantitative estimate of drug-likeness (QED) is 0.689. The number of nitrogens with one attached hydrogen (secondary N) is 1. The molecule has 0 radical (unpaired) electrons. The van der Waals surface area contributed by atoms with E-state index in [1.165, 1.54) is 55.4 Å². The largest absolute Gasteiger partial charge is 0.506 e. The number of rotatable bonds is 2. The molecule has 2 fully saturated rings. The molecule has 3 atom stereocenters. The lowest BCUT2D eigenvalue weighted by atomic mass is 9.45. The summed E-state index contributed by atoms with van der Waals surface area (Å²) < 4.78 is 13.2. The lowest BCUT2D eigenvalue weighted by Gasteiger charge is -2.65. The first-order valence-electron chi connectivity index (χ1n) is 10.5. The van der Waals surface area contributed by atoms with Gasteiger partial charge in [0.2, 0.25) is 0 Å². The maximum absolute atomic E-state index is 13.2. The first-order chi connectivity index (χ1) is 13.4. The van der Waals surface area contributed by atoms with E-state index in [9.17, 15) is 9.50 Å². The van der Waals surface area contributed by atoms with Crippen molar-refractivity contribution in [1.29, 1.82) is 0 Å². The Bertz CT molecular complexity index is 912. The monoisotopic (exact) mass is 380 g/mol. The maximum atomic E-state index is 13.2. The average molecular weight is 381 g/mol. The Kier molecular flexibility index (Phi) is 3.99. The van der Waals surface area contributed by atoms with Gasteiger partial charge in [-0.05, 0) is 92.2 Å². The van der Waals surface area contributed by atoms with Crippen LogP contribution in [0.3, 0.4) is 0 Å². The van der Waals surface area contributed by atoms with Crippen molar-refractivity contribution in [3.63, 3.8) is 0 Å². The van der Waals surface area contributed by atoms with Gasteiger partial charge < -0.3 is 15.3 Å². The fourth-order valence-electron chi connectivity index (χ4n) is 6.55. The molecule has 2 aromatic rings. The second-order valence-electron chi connectivity index (χ2n) is 9.32. The highest BCUT2D eigenvalue weighted by atomic mass is 19.1. The maximum Gasteiger partial charge on any atom is 0.139 e. The van der Waals surface area contributed by atoms with Crippen LogP contribution in [0.15, 0.2) is 36.4 Å². The number of phenols is 1. The molecular formula is C24H29FN2O. The zero-order valence-electron chi connectivity index (χ0n) is 16.8. The molecule has 28 heavy (non-hydrogen) atoms. The summed E-state index contributed by atoms with van der Waals surface area (Å²) in [6.45, 7) is 3.63. The minimum Gasteiger partial charge on any atom is -0.506 e. The molecule has 2 bridgehead atoms. The van der Waals surface area contributed by atoms with Crippen molar-refractivity contribution in [2.24, 2.45) is 5.41 Å². The van der Waals surface area contributed by atoms with E-state index >= 15 is 0 Å². The lowest BCUT2D eigenvalue weighted by molar-refractivity contribution is -0.0735. The van der Waals surface area contributed by atoms with E-state index in [4.69, 9.17) is 0 Å². The molecule has 0 amide bonds. The van der Waals surface area contributed by atoms with Gasteiger partial charge in [0.25, 0.3) is 0 Å². The Labute approximate surface area is 166 Å². The van der Waals surface area contributed by atoms with Gasteiger partial charge in [0.05, 0.1) is 5.69 Å². The standard InChI is InChI=1S/C24H29FN2O/c1-23-9-3-4-10-24(23)11-12-27(2)22(23)14-16-13-20(21(28)15-19(16)24)26-18-7-5-17(25)6-8-18/h5-8,13,15,22,26,28H,3-4,9-12,14H2,1-2H3/t22-,23+,24+/m0/s1. The lowest BCUT2D eigenvalue weighted by Crippen LogP contribution is -2.66. The predicted molar refractivity (Wildman–Crippen MR) is 111 cm³/mol. The zero-order chi connectivity index (χ0) is 19.5. The Balaban J connectivity index is 1.59. The summed E-state index contributed by atoms with van der Waals surface area (Å²) in [5.74, 6) is 0.0366. The van der Waals surface area contributed by atoms with Crippen molar-refractivity contribution in [3.8, 4) is 5.75 Å². The number of likely N-dealkylation sites (tertiary alicyclic amines) is 1. The van der Waals surface area contributed by atoms with Gasteiger partial charge in [-0.15, -0.1) is 0 Å². The molecule has 148 valence electrons. The molecule has 2 aliphatic carbocycles. The number of benzene rings is 2. The second kappa shape index (κ2) is 6.21. The first kappa shape index (κ1) is 18.0. The third-order valence-corrected chi connectivity index (χ3v) is 8.08. The van der Waals surface area contributed by atoms with Crippen LogP contribution in [0.4, 0.5) is 15.8 Å². The molecular weight excluding hydrogens is 351 g/mol. The minimum atomic E-state index is -0.258. The van der Waals surface area contributed by atoms with E-state index in [-0.39, 0.29) is 16.6 Å². The van der Waals surface area contributed by atoms with Crippen LogP contribution in [0, 0.1) is 11.2 Å². The Hall–Kier alpha value is -2.07. The van der Waals surface area contributed by atoms with E-state index in [2.05, 4.69) is 30.3 Å². The third kappa shape index (κ3) is 2.43. The second-order valence-corrected chi connectivity index (χ2v) is 9.32. The molecule has 2 N–H and O–H groups in total. The number of fused-ring (bicyclic) bond motifs is 1. The van der Waals surface area contributed by atoms with Gasteiger partial charge in [-0.3, -0.25) is 0 Å². The fourth-order valence-corrected chi connectivity index (χ4v) is 6.55. The number of phenolic OH excluding ortho intramolecular Hbond substituents is 1. The molecule has 1 saturated carbocycles. The van der Waals surface area contributed by atoms with E-state index in [0.29, 0.717) is 17.5 Å². The van der Waals surface area contributed by atoms with Crippen LogP contribution >= 0.6 is 0 Å². The highest BCUT2D eigenvalue weighted by Crippen LogP contribution is 2.63. The van der Waals surface area contributed by atoms with Crippen molar-refractivity contribution in [2.75, 3.05) is 18.9 Å². The molecule has 1 heterocycles. The normalized spacial score (nSPS) is 31.8. The van der Waals surface area contributed by atoms with E-state index in [1.807, 2.05) is 6.07 Å². The van der Waals surface area contributed by atoms with Gasteiger partial charge in [0.15, 0.2) is 0 Å². The summed E-state index contributed by atoms with van der Waals surface area (Å²) in [4.78, 5) is 2.56. The van der Waals surface area contributed by atoms with Gasteiger partial charge in [-0.2, -0.15) is 0 Å². The summed E-state index contributed by atoms with van der Waals surface area (Å²) in [6, 6.07) is 11.0. The van der Waals surface area contributed by atoms with Crippen LogP contribution < -0.4 is 5.32 Å². The minimum absolute atomic E-state index is 0.182. The molecule has 0 aromatic heterocycles. The Morgan fingerprint density at radius 1 is 1.11 bits per heavy atom. The van der Waals surface area contributed by atoms with Gasteiger partial charge in [0.1, 0.15) is 11.6 Å². The summed E-state index contributed by atoms with van der Waals surface area (Å²) in [7, 11) is 2.28. The van der Waals surface area contributed by atoms with Crippen LogP contribution in [0.2, 0.25) is 0 Å². The highest BCUT2D eigenvalue weighted by molar-refractivity contribution is 5.69. The Morgan fingerprint density at radius 2 is 1.86 bits per heavy atom. The van der Waals surface area contributed by atoms with Crippen molar-refractivity contribution in [2.45, 2.75) is 56.9 Å². The number of piperidine rings is 1. The number of likely N-dealkylation sites (N-methyl/N-ethyl adjacent to an activating group) is 1. The SMILES string of the molecule is CN1CC[C@@]23CCCC[C@]2(C)[C@@H]1Cc1cc(Nc2ccc(F)cc2)c(O)cc13. The fraction of sp³-hybridized carbons (Fsp3) is 0.500. The van der Waals surface area contributed by atoms with E-state index in [1.54, 1.807) is 12.1 Å². The Morgan fingerprint density at radius 3 is 2.64 bits per heavy atom. The van der Waals surface area contributed by atoms with Crippen molar-refractivity contribution >= 4 is 11.4 Å². The van der Waals surface area contributed by atoms with Gasteiger partial charge in [-0.25, -0.2) is 4.39 Å². The average Bonchev–Trinajstić information content (AvgIpc) is 2.68. The molecule has 0 spiro atoms. The van der Waals surface area contributed by atoms with Gasteiger partial charge in [0, 0.05) is 17.1 Å². The number of hydrogen-bond donors (Lipinski definition) is 2. The number of hydrogen-bond acceptors (Lipinski definition) is 3. The molecule has 1 aliphatic heterocycles. The number of nitrogens with zero attached hydrogens (tertiary/aromatic N) is 1. The first-order valence-corrected chi connectivity index (χ1v) is 10.5. The topological polar surface area (TPSA) is 35.5 Å². The van der Waals surface area contributed by atoms with Gasteiger partial charge >= 0.3 is 0 Å². The number of aromatic hydroxyl groups is 1. The van der Waals surface area contributed by atoms with Crippen LogP contribution in [-0.2, 0) is 11.8 Å². The van der Waals surface area contributed by atoms with Crippen LogP contribution in [-0.4, -0.2) is 29.6 Å². The summed E-state index contributed by atoms with van der Waals surface area (Å²) in [5, 5.41) is 14.1. The summed E-state index contributed by atoms with van der Waals surface area (Å²) >= 11 is 0. The molecule has 2 aromatic carbocycles. The molecule has 0 unspecified atom stereocenters. The molecule has 3 aliphatic rings. The zero-order valence-corrected chi connectivity index (χ0v) is 16.8. The van der Waals surface area contributed by atoms with Crippen molar-refractivity contribution in [1.82, 2.24) is 4.90 Å². The smallest absolute Gasteiger partial charge is 0.139 e. The molecule has 4 heteroatoms. The third-order valence-electron chi connectivity index (χ3n) is 8.08. The molecule has 5 rings (SSSR count). The van der Waals surface area contributed by atoms with E-state index < -0.39 is 0 Å². The van der Waals surface area contributed by atoms with Crippen LogP contribution in [0.25, 0.3) is 0 Å². The van der Waals surface area contributed by atoms with Crippen molar-refractivity contribution < 1.29 is 9.50 Å². The van der Waals surface area contributed by atoms with E-state index in [0.717, 1.165) is 18.7 Å². The predicted octanol–water partition coefficient (Wildman–Crippen LogP) is 5.35. The summed E-state index contributed by atoms with van der Waals surface area (Å²) in [5.41, 5.74) is 4.69. The number of halogens is 1.